The number of alkyl halides is 3. The summed E-state index contributed by atoms with van der Waals surface area (Å²) in [5, 5.41) is 18.3. The molecule has 33 heavy (non-hydrogen) atoms. The third-order valence-corrected chi connectivity index (χ3v) is 5.70. The molecule has 0 aliphatic carbocycles. The number of carbonyl (C=O) groups excluding carboxylic acids is 1. The van der Waals surface area contributed by atoms with Crippen LogP contribution < -0.4 is 10.6 Å². The highest BCUT2D eigenvalue weighted by molar-refractivity contribution is 7.19. The number of benzene rings is 1. The van der Waals surface area contributed by atoms with Gasteiger partial charge < -0.3 is 20.3 Å². The van der Waals surface area contributed by atoms with E-state index in [1.165, 1.54) is 6.08 Å². The number of carboxylic acid groups (broad SMARTS) is 1. The zero-order valence-electron chi connectivity index (χ0n) is 17.3. The predicted octanol–water partition coefficient (Wildman–Crippen LogP) is 3.71. The Balaban J connectivity index is 0.000000383. The number of hydrogen-bond donors (Lipinski definition) is 3. The minimum absolute atomic E-state index is 0.177. The Bertz CT molecular complexity index is 1090. The number of piperidine rings is 1. The van der Waals surface area contributed by atoms with Crippen LogP contribution in [0, 0.1) is 0 Å². The number of nitrogens with zero attached hydrogens (tertiary/aromatic N) is 2. The molecule has 4 rings (SSSR count). The van der Waals surface area contributed by atoms with E-state index in [2.05, 4.69) is 20.8 Å². The number of rotatable bonds is 5. The van der Waals surface area contributed by atoms with Crippen LogP contribution in [0.2, 0.25) is 0 Å². The average Bonchev–Trinajstić information content (AvgIpc) is 3.43. The molecule has 0 saturated carbocycles. The molecule has 2 aromatic heterocycles. The number of aliphatic carboxylic acids is 1. The van der Waals surface area contributed by atoms with Gasteiger partial charge in [-0.05, 0) is 44.1 Å². The number of thiazole rings is 1. The number of aromatic nitrogens is 2. The zero-order valence-corrected chi connectivity index (χ0v) is 18.1. The van der Waals surface area contributed by atoms with Crippen LogP contribution in [0.4, 0.5) is 13.2 Å². The highest BCUT2D eigenvalue weighted by Gasteiger charge is 2.38. The molecular formula is C21H21F3N4O4S. The lowest BCUT2D eigenvalue weighted by atomic mass is 9.95. The lowest BCUT2D eigenvalue weighted by molar-refractivity contribution is -0.192. The third-order valence-electron chi connectivity index (χ3n) is 4.70. The summed E-state index contributed by atoms with van der Waals surface area (Å²) in [7, 11) is 0. The summed E-state index contributed by atoms with van der Waals surface area (Å²) in [6.45, 7) is 2.36. The first kappa shape index (κ1) is 24.4. The van der Waals surface area contributed by atoms with Crippen molar-refractivity contribution in [2.45, 2.75) is 31.5 Å². The summed E-state index contributed by atoms with van der Waals surface area (Å²) >= 11 is 1.56. The molecule has 1 fully saturated rings. The molecule has 8 nitrogen and oxygen atoms in total. The second-order valence-electron chi connectivity index (χ2n) is 7.12. The van der Waals surface area contributed by atoms with E-state index in [0.717, 1.165) is 46.8 Å². The van der Waals surface area contributed by atoms with Crippen LogP contribution >= 0.6 is 11.3 Å². The number of halogens is 3. The number of para-hydroxylation sites is 1. The summed E-state index contributed by atoms with van der Waals surface area (Å²) in [4.78, 5) is 25.4. The number of fused-ring (bicyclic) bond motifs is 1. The highest BCUT2D eigenvalue weighted by Crippen LogP contribution is 2.25. The molecule has 12 heteroatoms. The molecule has 176 valence electrons. The van der Waals surface area contributed by atoms with Crippen LogP contribution in [-0.4, -0.2) is 46.4 Å². The molecule has 1 aromatic carbocycles. The van der Waals surface area contributed by atoms with E-state index in [-0.39, 0.29) is 5.91 Å². The van der Waals surface area contributed by atoms with Crippen LogP contribution in [0.1, 0.15) is 35.2 Å². The second-order valence-corrected chi connectivity index (χ2v) is 8.18. The van der Waals surface area contributed by atoms with Gasteiger partial charge in [0.25, 0.3) is 0 Å². The van der Waals surface area contributed by atoms with Crippen molar-refractivity contribution < 1.29 is 32.4 Å². The van der Waals surface area contributed by atoms with Crippen molar-refractivity contribution in [1.82, 2.24) is 20.8 Å². The fraction of sp³-hybridized carbons (Fsp3) is 0.333. The molecule has 3 N–H and O–H groups in total. The number of amides is 1. The van der Waals surface area contributed by atoms with Crippen molar-refractivity contribution in [3.63, 3.8) is 0 Å². The lowest BCUT2D eigenvalue weighted by Gasteiger charge is -2.19. The largest absolute Gasteiger partial charge is 0.490 e. The molecule has 0 atom stereocenters. The van der Waals surface area contributed by atoms with E-state index in [1.807, 2.05) is 30.3 Å². The zero-order chi connectivity index (χ0) is 23.8. The van der Waals surface area contributed by atoms with E-state index in [1.54, 1.807) is 17.4 Å². The molecule has 0 bridgehead atoms. The van der Waals surface area contributed by atoms with Crippen molar-refractivity contribution in [3.8, 4) is 0 Å². The smallest absolute Gasteiger partial charge is 0.475 e. The van der Waals surface area contributed by atoms with E-state index in [4.69, 9.17) is 14.4 Å². The van der Waals surface area contributed by atoms with E-state index in [9.17, 15) is 18.0 Å². The molecule has 1 saturated heterocycles. The summed E-state index contributed by atoms with van der Waals surface area (Å²) in [5.41, 5.74) is 1.94. The molecule has 0 radical (unpaired) electrons. The maximum atomic E-state index is 12.0. The first-order valence-corrected chi connectivity index (χ1v) is 10.8. The minimum Gasteiger partial charge on any atom is -0.475 e. The summed E-state index contributed by atoms with van der Waals surface area (Å²) in [5.74, 6) is -1.81. The first-order valence-electron chi connectivity index (χ1n) is 10.00. The van der Waals surface area contributed by atoms with Gasteiger partial charge in [-0.1, -0.05) is 17.3 Å². The maximum absolute atomic E-state index is 12.0. The second kappa shape index (κ2) is 11.1. The van der Waals surface area contributed by atoms with Gasteiger partial charge in [0, 0.05) is 18.1 Å². The van der Waals surface area contributed by atoms with E-state index >= 15 is 0 Å². The van der Waals surface area contributed by atoms with Gasteiger partial charge in [-0.2, -0.15) is 13.2 Å². The van der Waals surface area contributed by atoms with Gasteiger partial charge in [0.15, 0.2) is 5.76 Å². The van der Waals surface area contributed by atoms with E-state index in [0.29, 0.717) is 18.2 Å². The van der Waals surface area contributed by atoms with Gasteiger partial charge >= 0.3 is 12.1 Å². The SMILES string of the molecule is O=C(/C=C/c1nc2ccccc2s1)NCc1cc(C2CCNCC2)no1.O=C(O)C(F)(F)F. The Morgan fingerprint density at radius 2 is 1.97 bits per heavy atom. The van der Waals surface area contributed by atoms with Gasteiger partial charge in [0.2, 0.25) is 5.91 Å². The summed E-state index contributed by atoms with van der Waals surface area (Å²) in [6.07, 6.45) is 0.301. The van der Waals surface area contributed by atoms with Crippen LogP contribution in [0.15, 0.2) is 40.9 Å². The van der Waals surface area contributed by atoms with Crippen LogP contribution in [0.5, 0.6) is 0 Å². The monoisotopic (exact) mass is 482 g/mol. The van der Waals surface area contributed by atoms with Crippen molar-refractivity contribution in [3.05, 3.63) is 52.9 Å². The Kier molecular flexibility index (Phi) is 8.17. The summed E-state index contributed by atoms with van der Waals surface area (Å²) < 4.78 is 38.2. The Morgan fingerprint density at radius 1 is 1.27 bits per heavy atom. The molecule has 3 heterocycles. The third kappa shape index (κ3) is 7.39. The Morgan fingerprint density at radius 3 is 2.64 bits per heavy atom. The van der Waals surface area contributed by atoms with E-state index < -0.39 is 12.1 Å². The molecule has 1 amide bonds. The number of carboxylic acids is 1. The fourth-order valence-electron chi connectivity index (χ4n) is 3.06. The van der Waals surface area contributed by atoms with Gasteiger partial charge in [-0.15, -0.1) is 11.3 Å². The predicted molar refractivity (Wildman–Crippen MR) is 116 cm³/mol. The molecule has 0 spiro atoms. The molecule has 1 aliphatic heterocycles. The molecule has 3 aromatic rings. The Labute approximate surface area is 190 Å². The first-order chi connectivity index (χ1) is 15.7. The van der Waals surface area contributed by atoms with Crippen molar-refractivity contribution >= 4 is 39.5 Å². The van der Waals surface area contributed by atoms with Crippen molar-refractivity contribution in [2.75, 3.05) is 13.1 Å². The van der Waals surface area contributed by atoms with Crippen LogP contribution in [0.3, 0.4) is 0 Å². The van der Waals surface area contributed by atoms with Crippen LogP contribution in [0.25, 0.3) is 16.3 Å². The van der Waals surface area contributed by atoms with Gasteiger partial charge in [-0.3, -0.25) is 4.79 Å². The molecule has 1 aliphatic rings. The van der Waals surface area contributed by atoms with Gasteiger partial charge in [-0.25, -0.2) is 9.78 Å². The standard InChI is InChI=1S/C19H20N4O2S.C2HF3O2/c24-18(5-6-19-22-15-3-1-2-4-17(15)26-19)21-12-14-11-16(23-25-14)13-7-9-20-10-8-13;3-2(4,5)1(6)7/h1-6,11,13,20H,7-10,12H2,(H,21,24);(H,6,7)/b6-5+;. The molecular weight excluding hydrogens is 461 g/mol. The Hall–Kier alpha value is -3.25. The number of nitrogens with one attached hydrogen (secondary N) is 2. The topological polar surface area (TPSA) is 117 Å². The van der Waals surface area contributed by atoms with Gasteiger partial charge in [0.05, 0.1) is 22.5 Å². The van der Waals surface area contributed by atoms with Crippen molar-refractivity contribution in [1.29, 1.82) is 0 Å². The summed E-state index contributed by atoms with van der Waals surface area (Å²) in [6, 6.07) is 9.88. The van der Waals surface area contributed by atoms with Gasteiger partial charge in [0.1, 0.15) is 5.01 Å². The maximum Gasteiger partial charge on any atom is 0.490 e. The average molecular weight is 482 g/mol. The number of hydrogen-bond acceptors (Lipinski definition) is 7. The fourth-order valence-corrected chi connectivity index (χ4v) is 3.93. The highest BCUT2D eigenvalue weighted by atomic mass is 32.1. The molecule has 0 unspecified atom stereocenters. The van der Waals surface area contributed by atoms with Crippen molar-refractivity contribution in [2.24, 2.45) is 0 Å². The quantitative estimate of drug-likeness (QED) is 0.475. The number of carbonyl (C=O) groups is 2. The minimum atomic E-state index is -5.08. The van der Waals surface area contributed by atoms with Crippen LogP contribution in [-0.2, 0) is 16.1 Å². The lowest BCUT2D eigenvalue weighted by Crippen LogP contribution is -2.26. The normalized spacial score (nSPS) is 14.8.